The highest BCUT2D eigenvalue weighted by Gasteiger charge is 2.37. The van der Waals surface area contributed by atoms with Crippen LogP contribution < -0.4 is 11.1 Å². The Kier molecular flexibility index (Phi) is 7.26. The molecule has 0 aliphatic carbocycles. The maximum Gasteiger partial charge on any atom is 0.443 e. The fraction of sp³-hybridized carbons (Fsp3) is 0.192. The molecule has 0 spiro atoms. The number of carbonyl (C=O) groups is 1. The monoisotopic (exact) mass is 554 g/mol. The number of aromatic nitrogens is 1. The molecule has 2 aromatic carbocycles. The molecule has 0 radical (unpaired) electrons. The molecule has 2 aliphatic rings. The average Bonchev–Trinajstić information content (AvgIpc) is 3.34. The van der Waals surface area contributed by atoms with Crippen LogP contribution in [0.1, 0.15) is 33.1 Å². The number of thiazole rings is 1. The minimum atomic E-state index is -4.71. The summed E-state index contributed by atoms with van der Waals surface area (Å²) in [5.74, 6) is -1.34. The van der Waals surface area contributed by atoms with Crippen LogP contribution in [0.25, 0.3) is 5.57 Å². The Morgan fingerprint density at radius 2 is 1.92 bits per heavy atom. The minimum absolute atomic E-state index is 0.135. The zero-order chi connectivity index (χ0) is 27.6. The third-order valence-electron chi connectivity index (χ3n) is 5.77. The lowest BCUT2D eigenvalue weighted by molar-refractivity contribution is -0.137. The Morgan fingerprint density at radius 1 is 1.18 bits per heavy atom. The minimum Gasteiger partial charge on any atom is -0.405 e. The molecule has 0 bridgehead atoms. The first-order valence-electron chi connectivity index (χ1n) is 11.7. The van der Waals surface area contributed by atoms with Gasteiger partial charge in [-0.3, -0.25) is 10.2 Å². The number of amides is 1. The molecule has 0 fully saturated rings. The van der Waals surface area contributed by atoms with E-state index in [1.54, 1.807) is 30.3 Å². The van der Waals surface area contributed by atoms with E-state index in [1.807, 2.05) is 30.3 Å². The molecule has 1 aromatic heterocycles. The van der Waals surface area contributed by atoms with Gasteiger partial charge in [0.05, 0.1) is 29.5 Å². The second-order valence-electron chi connectivity index (χ2n) is 8.40. The van der Waals surface area contributed by atoms with Gasteiger partial charge < -0.3 is 20.5 Å². The molecule has 9 nitrogen and oxygen atoms in total. The molecule has 13 heteroatoms. The van der Waals surface area contributed by atoms with Crippen molar-refractivity contribution < 1.29 is 27.4 Å². The lowest BCUT2D eigenvalue weighted by Gasteiger charge is -2.13. The van der Waals surface area contributed by atoms with Crippen LogP contribution in [0.4, 0.5) is 18.9 Å². The van der Waals surface area contributed by atoms with E-state index < -0.39 is 35.2 Å². The van der Waals surface area contributed by atoms with Crippen molar-refractivity contribution in [2.75, 3.05) is 18.5 Å². The van der Waals surface area contributed by atoms with Crippen LogP contribution in [-0.4, -0.2) is 47.9 Å². The second-order valence-corrected chi connectivity index (χ2v) is 9.40. The van der Waals surface area contributed by atoms with Gasteiger partial charge in [-0.05, 0) is 18.1 Å². The number of para-hydroxylation sites is 1. The number of anilines is 1. The van der Waals surface area contributed by atoms with Crippen molar-refractivity contribution in [2.45, 2.75) is 18.8 Å². The summed E-state index contributed by atoms with van der Waals surface area (Å²) in [6, 6.07) is 15.6. The van der Waals surface area contributed by atoms with Gasteiger partial charge >= 0.3 is 6.18 Å². The first-order valence-corrected chi connectivity index (χ1v) is 12.5. The third-order valence-corrected chi connectivity index (χ3v) is 6.94. The van der Waals surface area contributed by atoms with E-state index in [-0.39, 0.29) is 17.2 Å². The molecule has 3 aromatic rings. The number of nitrogens with zero attached hydrogens (tertiary/aromatic N) is 3. The molecule has 3 heterocycles. The number of alkyl halides is 3. The molecule has 5 rings (SSSR count). The van der Waals surface area contributed by atoms with Gasteiger partial charge in [0.1, 0.15) is 5.69 Å². The van der Waals surface area contributed by atoms with Crippen LogP contribution in [0.15, 0.2) is 70.7 Å². The van der Waals surface area contributed by atoms with Gasteiger partial charge in [0.2, 0.25) is 12.1 Å². The SMILES string of the molecule is N=C(O/C(N)=N/[C@H]1N=C(c2ccccc2)c2ccccc2NC1=O)c1nc(C(F)(F)F)sc1C1=CCOCC1. The Labute approximate surface area is 224 Å². The Hall–Kier alpha value is -4.36. The molecule has 0 saturated heterocycles. The number of nitrogens with two attached hydrogens (primary N) is 1. The fourth-order valence-corrected chi connectivity index (χ4v) is 5.00. The van der Waals surface area contributed by atoms with Gasteiger partial charge in [-0.25, -0.2) is 9.98 Å². The topological polar surface area (TPSA) is 135 Å². The van der Waals surface area contributed by atoms with Crippen molar-refractivity contribution in [3.05, 3.63) is 87.4 Å². The maximum atomic E-state index is 13.4. The first kappa shape index (κ1) is 26.3. The van der Waals surface area contributed by atoms with Crippen molar-refractivity contribution in [1.29, 1.82) is 5.41 Å². The largest absolute Gasteiger partial charge is 0.443 e. The molecular weight excluding hydrogens is 533 g/mol. The second kappa shape index (κ2) is 10.8. The van der Waals surface area contributed by atoms with Crippen molar-refractivity contribution in [2.24, 2.45) is 15.7 Å². The summed E-state index contributed by atoms with van der Waals surface area (Å²) in [6.45, 7) is 0.552. The number of hydrogen-bond donors (Lipinski definition) is 3. The van der Waals surface area contributed by atoms with Crippen molar-refractivity contribution >= 4 is 46.1 Å². The van der Waals surface area contributed by atoms with Crippen molar-refractivity contribution in [1.82, 2.24) is 4.98 Å². The summed E-state index contributed by atoms with van der Waals surface area (Å²) in [6.07, 6.45) is -4.11. The smallest absolute Gasteiger partial charge is 0.405 e. The van der Waals surface area contributed by atoms with E-state index in [0.717, 1.165) is 5.56 Å². The molecular formula is C26H21F3N6O3S. The number of ether oxygens (including phenoxy) is 2. The van der Waals surface area contributed by atoms with E-state index in [2.05, 4.69) is 20.3 Å². The molecule has 2 aliphatic heterocycles. The molecule has 1 atom stereocenters. The summed E-state index contributed by atoms with van der Waals surface area (Å²) >= 11 is 0.411. The van der Waals surface area contributed by atoms with Gasteiger partial charge in [-0.1, -0.05) is 54.6 Å². The molecule has 200 valence electrons. The number of rotatable bonds is 4. The van der Waals surface area contributed by atoms with Gasteiger partial charge in [-0.2, -0.15) is 18.2 Å². The molecule has 0 unspecified atom stereocenters. The average molecular weight is 555 g/mol. The van der Waals surface area contributed by atoms with Gasteiger partial charge in [0, 0.05) is 11.1 Å². The van der Waals surface area contributed by atoms with Crippen molar-refractivity contribution in [3.63, 3.8) is 0 Å². The molecule has 1 amide bonds. The predicted molar refractivity (Wildman–Crippen MR) is 141 cm³/mol. The molecule has 39 heavy (non-hydrogen) atoms. The van der Waals surface area contributed by atoms with Crippen LogP contribution in [0.3, 0.4) is 0 Å². The summed E-state index contributed by atoms with van der Waals surface area (Å²) in [5.41, 5.74) is 8.54. The highest BCUT2D eigenvalue weighted by molar-refractivity contribution is 7.13. The van der Waals surface area contributed by atoms with Gasteiger partial charge in [-0.15, -0.1) is 11.3 Å². The summed E-state index contributed by atoms with van der Waals surface area (Å²) in [7, 11) is 0. The number of fused-ring (bicyclic) bond motifs is 1. The number of carbonyl (C=O) groups excluding carboxylic acids is 1. The zero-order valence-corrected chi connectivity index (χ0v) is 21.0. The van der Waals surface area contributed by atoms with Crippen LogP contribution in [-0.2, 0) is 20.4 Å². The molecule has 4 N–H and O–H groups in total. The zero-order valence-electron chi connectivity index (χ0n) is 20.2. The number of benzene rings is 2. The number of nitrogens with one attached hydrogen (secondary N) is 2. The van der Waals surface area contributed by atoms with Crippen LogP contribution in [0.2, 0.25) is 0 Å². The number of amidine groups is 1. The van der Waals surface area contributed by atoms with E-state index in [9.17, 15) is 18.0 Å². The number of aliphatic imine (C=N–C) groups is 2. The normalized spacial score (nSPS) is 17.9. The van der Waals surface area contributed by atoms with Crippen LogP contribution in [0, 0.1) is 5.41 Å². The third kappa shape index (κ3) is 5.73. The Bertz CT molecular complexity index is 1510. The number of hydrogen-bond acceptors (Lipinski definition) is 8. The summed E-state index contributed by atoms with van der Waals surface area (Å²) in [4.78, 5) is 25.3. The summed E-state index contributed by atoms with van der Waals surface area (Å²) in [5, 5.41) is 9.96. The standard InChI is InChI=1S/C26H21F3N6O3S/c27-26(28,29)24-34-19(20(39-24)15-10-12-37-13-11-15)21(30)38-25(31)35-22-23(36)32-17-9-5-4-8-16(17)18(33-22)14-6-2-1-3-7-14/h1-10,22,30H,11-13H2,(H2,31,35)(H,32,36)/t22-/m1/s1. The van der Waals surface area contributed by atoms with Crippen LogP contribution >= 0.6 is 11.3 Å². The van der Waals surface area contributed by atoms with Crippen LogP contribution in [0.5, 0.6) is 0 Å². The number of halogens is 3. The maximum absolute atomic E-state index is 13.4. The fourth-order valence-electron chi connectivity index (χ4n) is 4.01. The van der Waals surface area contributed by atoms with E-state index in [1.165, 1.54) is 0 Å². The molecule has 0 saturated carbocycles. The van der Waals surface area contributed by atoms with E-state index >= 15 is 0 Å². The lowest BCUT2D eigenvalue weighted by Crippen LogP contribution is -2.29. The first-order chi connectivity index (χ1) is 18.7. The van der Waals surface area contributed by atoms with Gasteiger partial charge in [0.15, 0.2) is 5.01 Å². The lowest BCUT2D eigenvalue weighted by atomic mass is 10.0. The van der Waals surface area contributed by atoms with Gasteiger partial charge in [0.25, 0.3) is 11.9 Å². The predicted octanol–water partition coefficient (Wildman–Crippen LogP) is 4.44. The summed E-state index contributed by atoms with van der Waals surface area (Å²) < 4.78 is 50.8. The van der Waals surface area contributed by atoms with Crippen molar-refractivity contribution in [3.8, 4) is 0 Å². The highest BCUT2D eigenvalue weighted by atomic mass is 32.1. The number of benzodiazepines with no additional fused rings is 1. The quantitative estimate of drug-likeness (QED) is 0.324. The van der Waals surface area contributed by atoms with E-state index in [4.69, 9.17) is 20.6 Å². The Morgan fingerprint density at radius 3 is 2.64 bits per heavy atom. The Balaban J connectivity index is 1.46. The highest BCUT2D eigenvalue weighted by Crippen LogP contribution is 2.38. The van der Waals surface area contributed by atoms with E-state index in [0.29, 0.717) is 46.9 Å².